The monoisotopic (exact) mass is 238 g/mol. The summed E-state index contributed by atoms with van der Waals surface area (Å²) in [6.45, 7) is 6.70. The lowest BCUT2D eigenvalue weighted by Gasteiger charge is -2.51. The average Bonchev–Trinajstić information content (AvgIpc) is 2.27. The van der Waals surface area contributed by atoms with E-state index < -0.39 is 5.97 Å². The standard InChI is InChI=1S/C15H26O2/c1-10-5-4-7-15(3)8-6-12(9-13(10)15)11(2)14(16)17/h10-13H,4-9H2,1-3H3,(H,16,17)/t10-,11+,12+,13-,15-/m1/s1. The quantitative estimate of drug-likeness (QED) is 0.791. The van der Waals surface area contributed by atoms with Crippen LogP contribution in [0.15, 0.2) is 0 Å². The van der Waals surface area contributed by atoms with Gasteiger partial charge in [0.15, 0.2) is 0 Å². The van der Waals surface area contributed by atoms with E-state index in [0.717, 1.165) is 24.7 Å². The Hall–Kier alpha value is -0.530. The molecule has 98 valence electrons. The zero-order chi connectivity index (χ0) is 12.6. The molecule has 1 N–H and O–H groups in total. The first-order valence-corrected chi connectivity index (χ1v) is 7.17. The van der Waals surface area contributed by atoms with Gasteiger partial charge in [0.1, 0.15) is 0 Å². The molecule has 2 rings (SSSR count). The van der Waals surface area contributed by atoms with Gasteiger partial charge in [0, 0.05) is 0 Å². The highest BCUT2D eigenvalue weighted by molar-refractivity contribution is 5.69. The SMILES string of the molecule is C[C@@H]1CCC[C@]2(C)CC[C@H]([C@H](C)C(=O)O)C[C@H]12. The third kappa shape index (κ3) is 2.36. The van der Waals surface area contributed by atoms with Crippen molar-refractivity contribution in [2.75, 3.05) is 0 Å². The van der Waals surface area contributed by atoms with E-state index in [1.165, 1.54) is 25.7 Å². The molecular weight excluding hydrogens is 212 g/mol. The Morgan fingerprint density at radius 3 is 2.71 bits per heavy atom. The summed E-state index contributed by atoms with van der Waals surface area (Å²) in [4.78, 5) is 11.1. The van der Waals surface area contributed by atoms with Crippen molar-refractivity contribution in [1.29, 1.82) is 0 Å². The van der Waals surface area contributed by atoms with E-state index in [9.17, 15) is 4.79 Å². The van der Waals surface area contributed by atoms with Crippen LogP contribution in [-0.2, 0) is 4.79 Å². The van der Waals surface area contributed by atoms with Gasteiger partial charge in [-0.15, -0.1) is 0 Å². The van der Waals surface area contributed by atoms with Crippen molar-refractivity contribution >= 4 is 5.97 Å². The van der Waals surface area contributed by atoms with Crippen LogP contribution in [0, 0.1) is 29.1 Å². The van der Waals surface area contributed by atoms with Gasteiger partial charge in [-0.2, -0.15) is 0 Å². The second-order valence-electron chi connectivity index (χ2n) is 6.79. The van der Waals surface area contributed by atoms with Crippen LogP contribution in [0.1, 0.15) is 59.3 Å². The van der Waals surface area contributed by atoms with E-state index in [1.807, 2.05) is 6.92 Å². The van der Waals surface area contributed by atoms with Gasteiger partial charge in [0.2, 0.25) is 0 Å². The molecule has 2 saturated carbocycles. The van der Waals surface area contributed by atoms with Crippen LogP contribution in [0.4, 0.5) is 0 Å². The summed E-state index contributed by atoms with van der Waals surface area (Å²) in [5.74, 6) is 1.19. The van der Waals surface area contributed by atoms with Crippen LogP contribution in [0.2, 0.25) is 0 Å². The summed E-state index contributed by atoms with van der Waals surface area (Å²) >= 11 is 0. The third-order valence-electron chi connectivity index (χ3n) is 5.73. The average molecular weight is 238 g/mol. The van der Waals surface area contributed by atoms with Crippen molar-refractivity contribution in [2.45, 2.75) is 59.3 Å². The normalized spacial score (nSPS) is 43.8. The van der Waals surface area contributed by atoms with Gasteiger partial charge in [-0.1, -0.05) is 33.6 Å². The molecule has 5 atom stereocenters. The van der Waals surface area contributed by atoms with E-state index in [1.54, 1.807) is 0 Å². The predicted molar refractivity (Wildman–Crippen MR) is 68.8 cm³/mol. The second kappa shape index (κ2) is 4.62. The third-order valence-corrected chi connectivity index (χ3v) is 5.73. The molecule has 2 fully saturated rings. The Morgan fingerprint density at radius 2 is 2.06 bits per heavy atom. The molecule has 0 radical (unpaired) electrons. The molecule has 0 aliphatic heterocycles. The minimum absolute atomic E-state index is 0.159. The molecule has 0 amide bonds. The van der Waals surface area contributed by atoms with Crippen molar-refractivity contribution < 1.29 is 9.90 Å². The van der Waals surface area contributed by atoms with E-state index in [4.69, 9.17) is 5.11 Å². The van der Waals surface area contributed by atoms with Gasteiger partial charge in [0.05, 0.1) is 5.92 Å². The van der Waals surface area contributed by atoms with Gasteiger partial charge in [-0.3, -0.25) is 4.79 Å². The first kappa shape index (κ1) is 12.9. The van der Waals surface area contributed by atoms with E-state index in [2.05, 4.69) is 13.8 Å². The molecule has 2 heteroatoms. The van der Waals surface area contributed by atoms with E-state index >= 15 is 0 Å². The molecule has 0 spiro atoms. The number of carbonyl (C=O) groups is 1. The van der Waals surface area contributed by atoms with Crippen molar-refractivity contribution in [3.63, 3.8) is 0 Å². The molecule has 0 saturated heterocycles. The fourth-order valence-electron chi connectivity index (χ4n) is 4.34. The maximum atomic E-state index is 11.1. The van der Waals surface area contributed by atoms with E-state index in [0.29, 0.717) is 11.3 Å². The van der Waals surface area contributed by atoms with Crippen molar-refractivity contribution in [2.24, 2.45) is 29.1 Å². The molecule has 2 aliphatic carbocycles. The molecular formula is C15H26O2. The molecule has 0 bridgehead atoms. The fourth-order valence-corrected chi connectivity index (χ4v) is 4.34. The van der Waals surface area contributed by atoms with Crippen molar-refractivity contribution in [3.8, 4) is 0 Å². The lowest BCUT2D eigenvalue weighted by Crippen LogP contribution is -2.42. The number of rotatable bonds is 2. The Morgan fingerprint density at radius 1 is 1.35 bits per heavy atom. The maximum absolute atomic E-state index is 11.1. The Kier molecular flexibility index (Phi) is 3.51. The minimum atomic E-state index is -0.609. The zero-order valence-corrected chi connectivity index (χ0v) is 11.4. The van der Waals surface area contributed by atoms with Gasteiger partial charge in [-0.05, 0) is 48.9 Å². The molecule has 0 unspecified atom stereocenters. The number of fused-ring (bicyclic) bond motifs is 1. The Labute approximate surface area is 105 Å². The number of carboxylic acid groups (broad SMARTS) is 1. The highest BCUT2D eigenvalue weighted by Crippen LogP contribution is 2.54. The summed E-state index contributed by atoms with van der Waals surface area (Å²) in [5, 5.41) is 9.16. The van der Waals surface area contributed by atoms with Crippen LogP contribution in [0.3, 0.4) is 0 Å². The van der Waals surface area contributed by atoms with Crippen LogP contribution in [-0.4, -0.2) is 11.1 Å². The summed E-state index contributed by atoms with van der Waals surface area (Å²) in [7, 11) is 0. The smallest absolute Gasteiger partial charge is 0.306 e. The molecule has 0 aromatic heterocycles. The number of hydrogen-bond donors (Lipinski definition) is 1. The highest BCUT2D eigenvalue weighted by Gasteiger charge is 2.45. The molecule has 17 heavy (non-hydrogen) atoms. The van der Waals surface area contributed by atoms with Crippen molar-refractivity contribution in [3.05, 3.63) is 0 Å². The van der Waals surface area contributed by atoms with Crippen LogP contribution >= 0.6 is 0 Å². The summed E-state index contributed by atoms with van der Waals surface area (Å²) in [5.41, 5.74) is 0.506. The molecule has 2 aliphatic rings. The zero-order valence-electron chi connectivity index (χ0n) is 11.4. The van der Waals surface area contributed by atoms with Crippen molar-refractivity contribution in [1.82, 2.24) is 0 Å². The lowest BCUT2D eigenvalue weighted by atomic mass is 9.54. The number of carboxylic acids is 1. The fraction of sp³-hybridized carbons (Fsp3) is 0.933. The summed E-state index contributed by atoms with van der Waals surface area (Å²) in [6, 6.07) is 0. The first-order valence-electron chi connectivity index (χ1n) is 7.17. The van der Waals surface area contributed by atoms with Crippen LogP contribution < -0.4 is 0 Å². The molecule has 0 heterocycles. The minimum Gasteiger partial charge on any atom is -0.481 e. The Balaban J connectivity index is 2.08. The number of aliphatic carboxylic acids is 1. The van der Waals surface area contributed by atoms with E-state index in [-0.39, 0.29) is 5.92 Å². The Bertz CT molecular complexity index is 299. The topological polar surface area (TPSA) is 37.3 Å². The largest absolute Gasteiger partial charge is 0.481 e. The second-order valence-corrected chi connectivity index (χ2v) is 6.79. The summed E-state index contributed by atoms with van der Waals surface area (Å²) in [6.07, 6.45) is 7.57. The first-order chi connectivity index (χ1) is 7.94. The highest BCUT2D eigenvalue weighted by atomic mass is 16.4. The van der Waals surface area contributed by atoms with Crippen LogP contribution in [0.25, 0.3) is 0 Å². The van der Waals surface area contributed by atoms with Gasteiger partial charge >= 0.3 is 5.97 Å². The van der Waals surface area contributed by atoms with Gasteiger partial charge in [-0.25, -0.2) is 0 Å². The summed E-state index contributed by atoms with van der Waals surface area (Å²) < 4.78 is 0. The van der Waals surface area contributed by atoms with Gasteiger partial charge < -0.3 is 5.11 Å². The molecule has 0 aromatic rings. The maximum Gasteiger partial charge on any atom is 0.306 e. The predicted octanol–water partition coefficient (Wildman–Crippen LogP) is 3.95. The molecule has 0 aromatic carbocycles. The molecule has 2 nitrogen and oxygen atoms in total. The van der Waals surface area contributed by atoms with Gasteiger partial charge in [0.25, 0.3) is 0 Å². The lowest BCUT2D eigenvalue weighted by molar-refractivity contribution is -0.144. The number of hydrogen-bond acceptors (Lipinski definition) is 1. The van der Waals surface area contributed by atoms with Crippen LogP contribution in [0.5, 0.6) is 0 Å².